The minimum absolute atomic E-state index is 0.0584. The fourth-order valence-electron chi connectivity index (χ4n) is 1.64. The van der Waals surface area contributed by atoms with E-state index in [0.29, 0.717) is 6.92 Å². The molecule has 0 aliphatic carbocycles. The molecule has 1 aromatic rings. The fraction of sp³-hybridized carbons (Fsp3) is 0.636. The van der Waals surface area contributed by atoms with Crippen LogP contribution in [0.15, 0.2) is 4.47 Å². The molecular weight excluding hydrogens is 481 g/mol. The highest BCUT2D eigenvalue weighted by Crippen LogP contribution is 2.54. The summed E-state index contributed by atoms with van der Waals surface area (Å²) in [6.07, 6.45) is -20.7. The Labute approximate surface area is 150 Å². The number of nitrogens with zero attached hydrogens (tertiary/aromatic N) is 2. The van der Waals surface area contributed by atoms with E-state index in [2.05, 4.69) is 25.8 Å². The Hall–Kier alpha value is -1.45. The van der Waals surface area contributed by atoms with Crippen LogP contribution >= 0.6 is 15.9 Å². The highest BCUT2D eigenvalue weighted by atomic mass is 79.9. The van der Waals surface area contributed by atoms with Crippen molar-refractivity contribution in [2.45, 2.75) is 44.1 Å². The fourth-order valence-corrected chi connectivity index (χ4v) is 2.14. The van der Waals surface area contributed by atoms with E-state index < -0.39 is 52.0 Å². The van der Waals surface area contributed by atoms with Gasteiger partial charge in [0, 0.05) is 6.92 Å². The lowest BCUT2D eigenvalue weighted by molar-refractivity contribution is -0.488. The van der Waals surface area contributed by atoms with E-state index in [4.69, 9.17) is 0 Å². The van der Waals surface area contributed by atoms with Gasteiger partial charge in [0.15, 0.2) is 5.69 Å². The van der Waals surface area contributed by atoms with E-state index in [1.165, 1.54) is 0 Å². The number of carbonyl (C=O) groups excluding carboxylic acids is 1. The Kier molecular flexibility index (Phi) is 5.73. The van der Waals surface area contributed by atoms with Gasteiger partial charge >= 0.3 is 30.2 Å². The Morgan fingerprint density at radius 3 is 1.70 bits per heavy atom. The first-order valence-electron chi connectivity index (χ1n) is 6.25. The molecule has 0 N–H and O–H groups in total. The molecule has 0 aromatic carbocycles. The van der Waals surface area contributed by atoms with E-state index in [9.17, 15) is 53.1 Å². The zero-order valence-electron chi connectivity index (χ0n) is 12.7. The summed E-state index contributed by atoms with van der Waals surface area (Å²) in [5, 5.41) is 2.72. The summed E-state index contributed by atoms with van der Waals surface area (Å²) in [6, 6.07) is 0. The third-order valence-corrected chi connectivity index (χ3v) is 3.95. The van der Waals surface area contributed by atoms with Gasteiger partial charge in [-0.25, -0.2) is 4.68 Å². The zero-order chi connectivity index (χ0) is 21.8. The number of halogens is 12. The van der Waals surface area contributed by atoms with Crippen molar-refractivity contribution in [3.63, 3.8) is 0 Å². The van der Waals surface area contributed by atoms with Gasteiger partial charge in [-0.1, -0.05) is 0 Å². The Morgan fingerprint density at radius 2 is 1.41 bits per heavy atom. The minimum atomic E-state index is -7.19. The van der Waals surface area contributed by atoms with Gasteiger partial charge in [0.1, 0.15) is 0 Å². The van der Waals surface area contributed by atoms with E-state index in [-0.39, 0.29) is 4.68 Å². The maximum Gasteiger partial charge on any atom is 0.462 e. The van der Waals surface area contributed by atoms with Crippen molar-refractivity contribution in [2.24, 2.45) is 0 Å². The number of ether oxygens (including phenoxy) is 1. The van der Waals surface area contributed by atoms with Crippen LogP contribution in [0.5, 0.6) is 0 Å². The quantitative estimate of drug-likeness (QED) is 0.556. The van der Waals surface area contributed by atoms with Crippen molar-refractivity contribution in [2.75, 3.05) is 0 Å². The number of carbonyl (C=O) groups is 1. The maximum absolute atomic E-state index is 14.4. The summed E-state index contributed by atoms with van der Waals surface area (Å²) in [7, 11) is 0. The van der Waals surface area contributed by atoms with Gasteiger partial charge in [0.2, 0.25) is 5.91 Å². The summed E-state index contributed by atoms with van der Waals surface area (Å²) in [5.74, 6) is -14.3. The molecule has 0 bridgehead atoms. The average molecular weight is 487 g/mol. The third kappa shape index (κ3) is 3.77. The van der Waals surface area contributed by atoms with Crippen LogP contribution in [-0.2, 0) is 10.6 Å². The van der Waals surface area contributed by atoms with Crippen LogP contribution in [0.3, 0.4) is 0 Å². The molecule has 1 rings (SSSR count). The number of rotatable bonds is 4. The minimum Gasteiger partial charge on any atom is -0.273 e. The predicted octanol–water partition coefficient (Wildman–Crippen LogP) is 5.11. The average Bonchev–Trinajstić information content (AvgIpc) is 2.72. The number of hydrogen-bond acceptors (Lipinski definition) is 3. The van der Waals surface area contributed by atoms with Crippen molar-refractivity contribution in [3.05, 3.63) is 15.9 Å². The lowest BCUT2D eigenvalue weighted by Crippen LogP contribution is -2.58. The molecule has 1 heterocycles. The SMILES string of the molecule is CC(=O)n1nc([C@](F)(OC(F)(F)C(F)(F)C(F)(F)F)C(F)(F)F)c(Br)c1C. The molecule has 0 aliphatic heterocycles. The van der Waals surface area contributed by atoms with Crippen molar-refractivity contribution < 1.29 is 57.8 Å². The van der Waals surface area contributed by atoms with Crippen LogP contribution in [0.1, 0.15) is 23.1 Å². The smallest absolute Gasteiger partial charge is 0.273 e. The molecule has 0 radical (unpaired) electrons. The Balaban J connectivity index is 3.66. The molecule has 0 aliphatic rings. The molecule has 0 amide bonds. The van der Waals surface area contributed by atoms with Gasteiger partial charge in [0.05, 0.1) is 10.2 Å². The van der Waals surface area contributed by atoms with E-state index in [0.717, 1.165) is 6.92 Å². The highest BCUT2D eigenvalue weighted by molar-refractivity contribution is 9.10. The van der Waals surface area contributed by atoms with Gasteiger partial charge in [-0.2, -0.15) is 53.4 Å². The number of hydrogen-bond donors (Lipinski definition) is 0. The first-order chi connectivity index (χ1) is 11.7. The summed E-state index contributed by atoms with van der Waals surface area (Å²) in [6.45, 7) is 1.55. The standard InChI is InChI=1S/C11H6BrF11N2O2/c1-3-5(12)6(24-25(3)4(2)26)7(13,9(16,17)18)27-11(22,23)8(14,15)10(19,20)21/h1-2H3/t7-/m0/s1. The van der Waals surface area contributed by atoms with Crippen molar-refractivity contribution in [3.8, 4) is 0 Å². The second-order valence-corrected chi connectivity index (χ2v) is 5.76. The van der Waals surface area contributed by atoms with Crippen LogP contribution in [-0.4, -0.2) is 40.1 Å². The first kappa shape index (κ1) is 23.6. The molecule has 0 spiro atoms. The normalized spacial score (nSPS) is 16.4. The van der Waals surface area contributed by atoms with Crippen molar-refractivity contribution >= 4 is 21.8 Å². The molecule has 1 aromatic heterocycles. The van der Waals surface area contributed by atoms with Crippen LogP contribution < -0.4 is 0 Å². The van der Waals surface area contributed by atoms with Gasteiger partial charge in [-0.15, -0.1) is 0 Å². The summed E-state index contributed by atoms with van der Waals surface area (Å²) >= 11 is 2.28. The van der Waals surface area contributed by atoms with Crippen LogP contribution in [0.2, 0.25) is 0 Å². The van der Waals surface area contributed by atoms with Gasteiger partial charge in [0.25, 0.3) is 0 Å². The molecule has 4 nitrogen and oxygen atoms in total. The highest BCUT2D eigenvalue weighted by Gasteiger charge is 2.79. The van der Waals surface area contributed by atoms with E-state index in [1.54, 1.807) is 0 Å². The van der Waals surface area contributed by atoms with Crippen molar-refractivity contribution in [1.82, 2.24) is 9.78 Å². The molecule has 27 heavy (non-hydrogen) atoms. The Morgan fingerprint density at radius 1 is 0.963 bits per heavy atom. The van der Waals surface area contributed by atoms with E-state index in [1.807, 2.05) is 0 Å². The molecule has 0 unspecified atom stereocenters. The molecule has 0 saturated carbocycles. The summed E-state index contributed by atoms with van der Waals surface area (Å²) < 4.78 is 143. The number of alkyl halides is 11. The number of aromatic nitrogens is 2. The third-order valence-electron chi connectivity index (χ3n) is 3.00. The molecule has 16 heteroatoms. The molecular formula is C11H6BrF11N2O2. The van der Waals surface area contributed by atoms with E-state index >= 15 is 0 Å². The lowest BCUT2D eigenvalue weighted by atomic mass is 10.2. The first-order valence-corrected chi connectivity index (χ1v) is 7.04. The Bertz CT molecular complexity index is 740. The molecule has 0 fully saturated rings. The maximum atomic E-state index is 14.4. The second-order valence-electron chi connectivity index (χ2n) is 4.96. The van der Waals surface area contributed by atoms with Gasteiger partial charge in [-0.05, 0) is 22.9 Å². The monoisotopic (exact) mass is 486 g/mol. The largest absolute Gasteiger partial charge is 0.462 e. The molecule has 1 atom stereocenters. The summed E-state index contributed by atoms with van der Waals surface area (Å²) in [4.78, 5) is 11.2. The van der Waals surface area contributed by atoms with Crippen LogP contribution in [0.4, 0.5) is 48.3 Å². The van der Waals surface area contributed by atoms with Crippen molar-refractivity contribution in [1.29, 1.82) is 0 Å². The lowest BCUT2D eigenvalue weighted by Gasteiger charge is -2.34. The topological polar surface area (TPSA) is 44.1 Å². The van der Waals surface area contributed by atoms with Crippen LogP contribution in [0, 0.1) is 6.92 Å². The van der Waals surface area contributed by atoms with Gasteiger partial charge < -0.3 is 0 Å². The zero-order valence-corrected chi connectivity index (χ0v) is 14.3. The van der Waals surface area contributed by atoms with Crippen LogP contribution in [0.25, 0.3) is 0 Å². The molecule has 156 valence electrons. The summed E-state index contributed by atoms with van der Waals surface area (Å²) in [5.41, 5.74) is -2.81. The second kappa shape index (κ2) is 6.56. The van der Waals surface area contributed by atoms with Gasteiger partial charge in [-0.3, -0.25) is 9.53 Å². The predicted molar refractivity (Wildman–Crippen MR) is 66.8 cm³/mol. The molecule has 0 saturated heterocycles.